The predicted octanol–water partition coefficient (Wildman–Crippen LogP) is 2.56. The zero-order valence-corrected chi connectivity index (χ0v) is 17.3. The number of amides is 1. The molecule has 8 heteroatoms. The van der Waals surface area contributed by atoms with Gasteiger partial charge in [0.05, 0.1) is 11.1 Å². The summed E-state index contributed by atoms with van der Waals surface area (Å²) in [6, 6.07) is 4.81. The van der Waals surface area contributed by atoms with Crippen LogP contribution < -0.4 is 5.32 Å². The summed E-state index contributed by atoms with van der Waals surface area (Å²) in [6.07, 6.45) is 6.24. The lowest BCUT2D eigenvalue weighted by atomic mass is 10.1. The molecule has 0 bridgehead atoms. The summed E-state index contributed by atoms with van der Waals surface area (Å²) in [4.78, 5) is 12.8. The number of rotatable bonds is 7. The molecule has 3 rings (SSSR count). The molecule has 2 heterocycles. The molecule has 2 N–H and O–H groups in total. The Morgan fingerprint density at radius 1 is 1.21 bits per heavy atom. The van der Waals surface area contributed by atoms with E-state index in [1.165, 1.54) is 10.4 Å². The van der Waals surface area contributed by atoms with E-state index in [0.29, 0.717) is 25.2 Å². The lowest BCUT2D eigenvalue weighted by Crippen LogP contribution is -2.35. The van der Waals surface area contributed by atoms with Crippen molar-refractivity contribution in [3.05, 3.63) is 46.8 Å². The summed E-state index contributed by atoms with van der Waals surface area (Å²) in [7, 11) is -3.55. The quantitative estimate of drug-likeness (QED) is 0.694. The number of nitrogens with one attached hydrogen (secondary N) is 2. The van der Waals surface area contributed by atoms with Crippen LogP contribution in [0.3, 0.4) is 0 Å². The van der Waals surface area contributed by atoms with E-state index in [9.17, 15) is 13.2 Å². The summed E-state index contributed by atoms with van der Waals surface area (Å²) in [5.74, 6) is -0.239. The molecule has 7 nitrogen and oxygen atoms in total. The van der Waals surface area contributed by atoms with Gasteiger partial charge in [0, 0.05) is 30.9 Å². The largest absolute Gasteiger partial charge is 0.352 e. The maximum Gasteiger partial charge on any atom is 0.251 e. The molecule has 1 aromatic heterocycles. The van der Waals surface area contributed by atoms with Gasteiger partial charge in [-0.2, -0.15) is 9.40 Å². The van der Waals surface area contributed by atoms with Crippen molar-refractivity contribution in [2.45, 2.75) is 50.8 Å². The Morgan fingerprint density at radius 3 is 2.64 bits per heavy atom. The number of hydrogen-bond acceptors (Lipinski definition) is 4. The molecule has 0 atom stereocenters. The third-order valence-electron chi connectivity index (χ3n) is 5.25. The number of aromatic amines is 1. The number of sulfonamides is 1. The van der Waals surface area contributed by atoms with Crippen molar-refractivity contribution in [2.24, 2.45) is 0 Å². The number of H-pyrrole nitrogens is 1. The molecule has 1 aliphatic heterocycles. The first-order valence-corrected chi connectivity index (χ1v) is 11.2. The lowest BCUT2D eigenvalue weighted by Gasteiger charge is -2.26. The summed E-state index contributed by atoms with van der Waals surface area (Å²) >= 11 is 0. The maximum atomic E-state index is 12.9. The van der Waals surface area contributed by atoms with Crippen LogP contribution in [0.1, 0.15) is 52.9 Å². The van der Waals surface area contributed by atoms with Crippen LogP contribution in [0.2, 0.25) is 0 Å². The molecular formula is C20H28N4O3S. The highest BCUT2D eigenvalue weighted by Crippen LogP contribution is 2.22. The zero-order chi connectivity index (χ0) is 20.1. The van der Waals surface area contributed by atoms with E-state index in [0.717, 1.165) is 48.9 Å². The molecule has 0 radical (unpaired) electrons. The molecule has 28 heavy (non-hydrogen) atoms. The summed E-state index contributed by atoms with van der Waals surface area (Å²) in [5, 5.41) is 9.80. The number of aromatic nitrogens is 2. The second-order valence-corrected chi connectivity index (χ2v) is 9.26. The molecule has 0 aliphatic carbocycles. The number of benzene rings is 1. The van der Waals surface area contributed by atoms with Gasteiger partial charge >= 0.3 is 0 Å². The summed E-state index contributed by atoms with van der Waals surface area (Å²) < 4.78 is 27.3. The van der Waals surface area contributed by atoms with Gasteiger partial charge in [0.1, 0.15) is 0 Å². The highest BCUT2D eigenvalue weighted by molar-refractivity contribution is 7.89. The van der Waals surface area contributed by atoms with E-state index >= 15 is 0 Å². The molecule has 1 aliphatic rings. The minimum absolute atomic E-state index is 0.194. The number of carbonyl (C=O) groups is 1. The van der Waals surface area contributed by atoms with E-state index in [4.69, 9.17) is 0 Å². The number of hydrogen-bond donors (Lipinski definition) is 2. The molecule has 0 unspecified atom stereocenters. The first kappa shape index (κ1) is 20.5. The summed E-state index contributed by atoms with van der Waals surface area (Å²) in [5.41, 5.74) is 3.36. The van der Waals surface area contributed by atoms with Gasteiger partial charge < -0.3 is 5.32 Å². The Bertz CT molecular complexity index is 931. The molecule has 0 spiro atoms. The minimum atomic E-state index is -3.55. The minimum Gasteiger partial charge on any atom is -0.352 e. The van der Waals surface area contributed by atoms with Crippen molar-refractivity contribution in [2.75, 3.05) is 19.6 Å². The van der Waals surface area contributed by atoms with Gasteiger partial charge in [-0.25, -0.2) is 8.42 Å². The van der Waals surface area contributed by atoms with Gasteiger partial charge in [0.25, 0.3) is 5.91 Å². The van der Waals surface area contributed by atoms with Gasteiger partial charge in [0.15, 0.2) is 0 Å². The van der Waals surface area contributed by atoms with Crippen molar-refractivity contribution >= 4 is 15.9 Å². The van der Waals surface area contributed by atoms with Crippen LogP contribution in [0, 0.1) is 13.8 Å². The smallest absolute Gasteiger partial charge is 0.251 e. The molecule has 1 saturated heterocycles. The molecule has 1 fully saturated rings. The SMILES string of the molecule is Cc1ccc(S(=O)(=O)N2CCCCC2)cc1C(=O)NCCCc1cn[nH]c1C. The van der Waals surface area contributed by atoms with Gasteiger partial charge in [0.2, 0.25) is 10.0 Å². The molecule has 2 aromatic rings. The first-order valence-electron chi connectivity index (χ1n) is 9.77. The van der Waals surface area contributed by atoms with Gasteiger partial charge in [-0.1, -0.05) is 12.5 Å². The van der Waals surface area contributed by atoms with E-state index in [2.05, 4.69) is 15.5 Å². The molecule has 152 valence electrons. The first-order chi connectivity index (χ1) is 13.4. The van der Waals surface area contributed by atoms with E-state index in [1.807, 2.05) is 13.8 Å². The fraction of sp³-hybridized carbons (Fsp3) is 0.500. The average Bonchev–Trinajstić information content (AvgIpc) is 3.10. The van der Waals surface area contributed by atoms with Crippen molar-refractivity contribution in [3.63, 3.8) is 0 Å². The number of piperidine rings is 1. The predicted molar refractivity (Wildman–Crippen MR) is 108 cm³/mol. The van der Waals surface area contributed by atoms with Crippen LogP contribution in [-0.4, -0.2) is 48.5 Å². The topological polar surface area (TPSA) is 95.2 Å². The Labute approximate surface area is 166 Å². The van der Waals surface area contributed by atoms with Crippen LogP contribution >= 0.6 is 0 Å². The maximum absolute atomic E-state index is 12.9. The standard InChI is InChI=1S/C20H28N4O3S/c1-15-8-9-18(28(26,27)24-11-4-3-5-12-24)13-19(15)20(25)21-10-6-7-17-14-22-23-16(17)2/h8-9,13-14H,3-7,10-12H2,1-2H3,(H,21,25)(H,22,23). The second kappa shape index (κ2) is 8.87. The van der Waals surface area contributed by atoms with Gasteiger partial charge in [-0.15, -0.1) is 0 Å². The number of nitrogens with zero attached hydrogens (tertiary/aromatic N) is 2. The highest BCUT2D eigenvalue weighted by Gasteiger charge is 2.27. The van der Waals surface area contributed by atoms with Crippen LogP contribution in [0.5, 0.6) is 0 Å². The highest BCUT2D eigenvalue weighted by atomic mass is 32.2. The van der Waals surface area contributed by atoms with Gasteiger partial charge in [-0.05, 0) is 62.8 Å². The van der Waals surface area contributed by atoms with E-state index in [-0.39, 0.29) is 10.8 Å². The van der Waals surface area contributed by atoms with Crippen molar-refractivity contribution < 1.29 is 13.2 Å². The Kier molecular flexibility index (Phi) is 6.51. The van der Waals surface area contributed by atoms with Crippen molar-refractivity contribution in [3.8, 4) is 0 Å². The third kappa shape index (κ3) is 4.62. The number of aryl methyl sites for hydroxylation is 3. The monoisotopic (exact) mass is 404 g/mol. The van der Waals surface area contributed by atoms with Crippen LogP contribution in [0.4, 0.5) is 0 Å². The van der Waals surface area contributed by atoms with Crippen molar-refractivity contribution in [1.82, 2.24) is 19.8 Å². The molecule has 1 aromatic carbocycles. The van der Waals surface area contributed by atoms with Crippen LogP contribution in [-0.2, 0) is 16.4 Å². The van der Waals surface area contributed by atoms with Gasteiger partial charge in [-0.3, -0.25) is 9.89 Å². The zero-order valence-electron chi connectivity index (χ0n) is 16.5. The molecule has 1 amide bonds. The third-order valence-corrected chi connectivity index (χ3v) is 7.14. The fourth-order valence-electron chi connectivity index (χ4n) is 3.46. The van der Waals surface area contributed by atoms with E-state index in [1.54, 1.807) is 18.3 Å². The van der Waals surface area contributed by atoms with Crippen molar-refractivity contribution in [1.29, 1.82) is 0 Å². The van der Waals surface area contributed by atoms with Crippen LogP contribution in [0.15, 0.2) is 29.3 Å². The Hall–Kier alpha value is -2.19. The Balaban J connectivity index is 1.65. The molecule has 0 saturated carbocycles. The average molecular weight is 405 g/mol. The molecular weight excluding hydrogens is 376 g/mol. The summed E-state index contributed by atoms with van der Waals surface area (Å²) in [6.45, 7) is 5.40. The normalized spacial score (nSPS) is 15.5. The second-order valence-electron chi connectivity index (χ2n) is 7.32. The number of carbonyl (C=O) groups excluding carboxylic acids is 1. The van der Waals surface area contributed by atoms with Crippen LogP contribution in [0.25, 0.3) is 0 Å². The fourth-order valence-corrected chi connectivity index (χ4v) is 5.01. The lowest BCUT2D eigenvalue weighted by molar-refractivity contribution is 0.0952. The van der Waals surface area contributed by atoms with E-state index < -0.39 is 10.0 Å². The Morgan fingerprint density at radius 2 is 1.96 bits per heavy atom.